The van der Waals surface area contributed by atoms with Crippen molar-refractivity contribution in [1.82, 2.24) is 0 Å². The molecule has 3 aromatic carbocycles. The van der Waals surface area contributed by atoms with E-state index in [0.29, 0.717) is 5.56 Å². The number of hydrogen-bond acceptors (Lipinski definition) is 3. The Labute approximate surface area is 153 Å². The van der Waals surface area contributed by atoms with Crippen LogP contribution < -0.4 is 0 Å². The van der Waals surface area contributed by atoms with E-state index in [1.54, 1.807) is 31.2 Å². The van der Waals surface area contributed by atoms with Crippen LogP contribution in [0.5, 0.6) is 0 Å². The molecule has 26 heavy (non-hydrogen) atoms. The summed E-state index contributed by atoms with van der Waals surface area (Å²) < 4.78 is 5.77. The van der Waals surface area contributed by atoms with Crippen molar-refractivity contribution in [2.24, 2.45) is 5.92 Å². The lowest BCUT2D eigenvalue weighted by atomic mass is 9.98. The van der Waals surface area contributed by atoms with Gasteiger partial charge in [0.1, 0.15) is 5.92 Å². The third kappa shape index (κ3) is 4.06. The lowest BCUT2D eigenvalue weighted by Crippen LogP contribution is -2.25. The van der Waals surface area contributed by atoms with E-state index < -0.39 is 18.0 Å². The summed E-state index contributed by atoms with van der Waals surface area (Å²) in [4.78, 5) is 25.2. The van der Waals surface area contributed by atoms with Crippen molar-refractivity contribution >= 4 is 11.8 Å². The zero-order valence-electron chi connectivity index (χ0n) is 14.5. The second-order valence-electron chi connectivity index (χ2n) is 6.09. The normalized spacial score (nSPS) is 11.8. The van der Waals surface area contributed by atoms with Gasteiger partial charge in [-0.25, -0.2) is 0 Å². The molecule has 3 heteroatoms. The maximum atomic E-state index is 12.7. The van der Waals surface area contributed by atoms with Crippen LogP contribution in [0.25, 0.3) is 0 Å². The Morgan fingerprint density at radius 3 is 1.58 bits per heavy atom. The van der Waals surface area contributed by atoms with Crippen molar-refractivity contribution in [2.75, 3.05) is 0 Å². The Morgan fingerprint density at radius 1 is 0.692 bits per heavy atom. The second-order valence-corrected chi connectivity index (χ2v) is 6.09. The number of carbonyl (C=O) groups excluding carboxylic acids is 2. The highest BCUT2D eigenvalue weighted by molar-refractivity contribution is 6.08. The average molecular weight is 344 g/mol. The average Bonchev–Trinajstić information content (AvgIpc) is 2.72. The van der Waals surface area contributed by atoms with E-state index in [0.717, 1.165) is 11.1 Å². The number of esters is 1. The lowest BCUT2D eigenvalue weighted by Gasteiger charge is -2.21. The number of Topliss-reactive ketones (excluding diaryl/α,β-unsaturated/α-hetero) is 1. The van der Waals surface area contributed by atoms with Crippen molar-refractivity contribution < 1.29 is 14.3 Å². The minimum absolute atomic E-state index is 0.240. The quantitative estimate of drug-likeness (QED) is 0.365. The highest BCUT2D eigenvalue weighted by Gasteiger charge is 2.28. The Bertz CT molecular complexity index is 818. The predicted octanol–water partition coefficient (Wildman–Crippen LogP) is 4.84. The topological polar surface area (TPSA) is 43.4 Å². The van der Waals surface area contributed by atoms with E-state index in [2.05, 4.69) is 0 Å². The summed E-state index contributed by atoms with van der Waals surface area (Å²) in [5.41, 5.74) is 2.24. The first-order valence-corrected chi connectivity index (χ1v) is 8.56. The Hall–Kier alpha value is -3.20. The van der Waals surface area contributed by atoms with Crippen LogP contribution in [0.3, 0.4) is 0 Å². The van der Waals surface area contributed by atoms with Gasteiger partial charge in [-0.15, -0.1) is 0 Å². The maximum Gasteiger partial charge on any atom is 0.317 e. The number of ether oxygens (including phenoxy) is 1. The van der Waals surface area contributed by atoms with E-state index in [1.165, 1.54) is 0 Å². The van der Waals surface area contributed by atoms with Crippen LogP contribution in [0.1, 0.15) is 34.5 Å². The summed E-state index contributed by atoms with van der Waals surface area (Å²) in [6.07, 6.45) is -0.545. The first-order valence-electron chi connectivity index (χ1n) is 8.56. The molecule has 3 aromatic rings. The van der Waals surface area contributed by atoms with Gasteiger partial charge in [0.25, 0.3) is 0 Å². The molecule has 0 aliphatic heterocycles. The van der Waals surface area contributed by atoms with Crippen LogP contribution in [-0.4, -0.2) is 11.8 Å². The van der Waals surface area contributed by atoms with E-state index in [-0.39, 0.29) is 5.78 Å². The fourth-order valence-corrected chi connectivity index (χ4v) is 2.76. The minimum Gasteiger partial charge on any atom is -0.452 e. The fourth-order valence-electron chi connectivity index (χ4n) is 2.76. The number of hydrogen-bond donors (Lipinski definition) is 0. The van der Waals surface area contributed by atoms with Gasteiger partial charge in [0.05, 0.1) is 0 Å². The third-order valence-electron chi connectivity index (χ3n) is 4.24. The largest absolute Gasteiger partial charge is 0.452 e. The molecule has 0 aliphatic carbocycles. The molecule has 0 spiro atoms. The monoisotopic (exact) mass is 344 g/mol. The molecule has 0 aliphatic rings. The summed E-state index contributed by atoms with van der Waals surface area (Å²) in [5, 5.41) is 0. The summed E-state index contributed by atoms with van der Waals surface area (Å²) in [6, 6.07) is 27.9. The number of carbonyl (C=O) groups is 2. The highest BCUT2D eigenvalue weighted by Crippen LogP contribution is 2.27. The van der Waals surface area contributed by atoms with E-state index in [4.69, 9.17) is 4.74 Å². The maximum absolute atomic E-state index is 12.7. The molecular formula is C23H20O3. The van der Waals surface area contributed by atoms with Crippen molar-refractivity contribution in [1.29, 1.82) is 0 Å². The van der Waals surface area contributed by atoms with Crippen LogP contribution in [-0.2, 0) is 9.53 Å². The number of rotatable bonds is 6. The zero-order valence-corrected chi connectivity index (χ0v) is 14.5. The molecule has 0 fully saturated rings. The van der Waals surface area contributed by atoms with E-state index >= 15 is 0 Å². The van der Waals surface area contributed by atoms with Crippen LogP contribution >= 0.6 is 0 Å². The molecule has 1 unspecified atom stereocenters. The molecule has 0 radical (unpaired) electrons. The molecule has 1 atom stereocenters. The third-order valence-corrected chi connectivity index (χ3v) is 4.24. The summed E-state index contributed by atoms with van der Waals surface area (Å²) >= 11 is 0. The lowest BCUT2D eigenvalue weighted by molar-refractivity contribution is -0.150. The van der Waals surface area contributed by atoms with E-state index in [1.807, 2.05) is 66.7 Å². The summed E-state index contributed by atoms with van der Waals surface area (Å²) in [7, 11) is 0. The van der Waals surface area contributed by atoms with Gasteiger partial charge in [-0.2, -0.15) is 0 Å². The SMILES string of the molecule is CC(C(=O)OC(c1ccccc1)c1ccccc1)C(=O)c1ccccc1. The molecule has 0 aromatic heterocycles. The fraction of sp³-hybridized carbons (Fsp3) is 0.130. The van der Waals surface area contributed by atoms with Gasteiger partial charge in [0.15, 0.2) is 11.9 Å². The molecular weight excluding hydrogens is 324 g/mol. The van der Waals surface area contributed by atoms with Gasteiger partial charge in [-0.1, -0.05) is 91.0 Å². The smallest absolute Gasteiger partial charge is 0.317 e. The second kappa shape index (κ2) is 8.26. The van der Waals surface area contributed by atoms with Gasteiger partial charge in [-0.3, -0.25) is 9.59 Å². The molecule has 0 N–H and O–H groups in total. The first kappa shape index (κ1) is 17.6. The molecule has 3 nitrogen and oxygen atoms in total. The van der Waals surface area contributed by atoms with Gasteiger partial charge in [-0.05, 0) is 18.1 Å². The molecule has 0 saturated heterocycles. The van der Waals surface area contributed by atoms with Gasteiger partial charge in [0.2, 0.25) is 0 Å². The molecule has 0 saturated carbocycles. The van der Waals surface area contributed by atoms with Gasteiger partial charge < -0.3 is 4.74 Å². The minimum atomic E-state index is -0.868. The molecule has 0 bridgehead atoms. The van der Waals surface area contributed by atoms with Gasteiger partial charge in [0, 0.05) is 5.56 Å². The highest BCUT2D eigenvalue weighted by atomic mass is 16.5. The van der Waals surface area contributed by atoms with Crippen LogP contribution in [0.4, 0.5) is 0 Å². The predicted molar refractivity (Wildman–Crippen MR) is 101 cm³/mol. The molecule has 130 valence electrons. The Balaban J connectivity index is 1.83. The van der Waals surface area contributed by atoms with Gasteiger partial charge >= 0.3 is 5.97 Å². The Kier molecular flexibility index (Phi) is 5.59. The first-order chi connectivity index (χ1) is 12.7. The van der Waals surface area contributed by atoms with Crippen LogP contribution in [0.2, 0.25) is 0 Å². The van der Waals surface area contributed by atoms with Crippen molar-refractivity contribution in [2.45, 2.75) is 13.0 Å². The van der Waals surface area contributed by atoms with Crippen molar-refractivity contribution in [3.8, 4) is 0 Å². The van der Waals surface area contributed by atoms with Crippen LogP contribution in [0.15, 0.2) is 91.0 Å². The zero-order chi connectivity index (χ0) is 18.4. The molecule has 0 heterocycles. The van der Waals surface area contributed by atoms with Crippen molar-refractivity contribution in [3.05, 3.63) is 108 Å². The number of ketones is 1. The van der Waals surface area contributed by atoms with E-state index in [9.17, 15) is 9.59 Å². The van der Waals surface area contributed by atoms with Crippen molar-refractivity contribution in [3.63, 3.8) is 0 Å². The summed E-state index contributed by atoms with van der Waals surface area (Å²) in [6.45, 7) is 1.59. The molecule has 3 rings (SSSR count). The molecule has 0 amide bonds. The Morgan fingerprint density at radius 2 is 1.12 bits per heavy atom. The van der Waals surface area contributed by atoms with Crippen LogP contribution in [0, 0.1) is 5.92 Å². The number of benzene rings is 3. The summed E-state index contributed by atoms with van der Waals surface area (Å²) in [5.74, 6) is -1.64. The standard InChI is InChI=1S/C23H20O3/c1-17(21(24)18-11-5-2-6-12-18)23(25)26-22(19-13-7-3-8-14-19)20-15-9-4-10-16-20/h2-17,22H,1H3.